The van der Waals surface area contributed by atoms with Crippen LogP contribution in [0.15, 0.2) is 54.6 Å². The second-order valence-corrected chi connectivity index (χ2v) is 7.88. The molecule has 1 aliphatic rings. The number of nitrogens with zero attached hydrogens (tertiary/aromatic N) is 1. The molecule has 0 saturated carbocycles. The Hall–Kier alpha value is -1.88. The van der Waals surface area contributed by atoms with Gasteiger partial charge in [-0.2, -0.15) is 0 Å². The van der Waals surface area contributed by atoms with Crippen LogP contribution < -0.4 is 4.90 Å². The van der Waals surface area contributed by atoms with Crippen molar-refractivity contribution in [2.45, 2.75) is 6.54 Å². The van der Waals surface area contributed by atoms with E-state index in [1.165, 1.54) is 21.8 Å². The van der Waals surface area contributed by atoms with E-state index in [1.807, 2.05) is 35.2 Å². The average Bonchev–Trinajstić information content (AvgIpc) is 3.00. The predicted molar refractivity (Wildman–Crippen MR) is 104 cm³/mol. The molecule has 3 nitrogen and oxygen atoms in total. The summed E-state index contributed by atoms with van der Waals surface area (Å²) in [5.74, 6) is 0.0740. The van der Waals surface area contributed by atoms with Crippen LogP contribution in [0.1, 0.15) is 15.2 Å². The molecular weight excluding hydrogens is 352 g/mol. The predicted octanol–water partition coefficient (Wildman–Crippen LogP) is 3.10. The maximum Gasteiger partial charge on any atom is 0.265 e. The van der Waals surface area contributed by atoms with Gasteiger partial charge < -0.3 is 9.80 Å². The van der Waals surface area contributed by atoms with Crippen molar-refractivity contribution in [1.29, 1.82) is 0 Å². The number of halogens is 1. The largest absolute Gasteiger partial charge is 0.328 e. The van der Waals surface area contributed by atoms with Gasteiger partial charge in [0.25, 0.3) is 5.91 Å². The van der Waals surface area contributed by atoms with Crippen molar-refractivity contribution in [1.82, 2.24) is 4.90 Å². The summed E-state index contributed by atoms with van der Waals surface area (Å²) in [5.41, 5.74) is 1.35. The van der Waals surface area contributed by atoms with Gasteiger partial charge in [0.2, 0.25) is 0 Å². The van der Waals surface area contributed by atoms with Gasteiger partial charge in [0.05, 0.1) is 31.2 Å². The minimum atomic E-state index is 0.0740. The van der Waals surface area contributed by atoms with E-state index in [4.69, 9.17) is 11.6 Å². The molecular formula is C20H20ClN2OS+. The molecule has 0 aliphatic carbocycles. The third kappa shape index (κ3) is 3.43. The lowest BCUT2D eigenvalue weighted by molar-refractivity contribution is -0.917. The molecule has 0 radical (unpaired) electrons. The van der Waals surface area contributed by atoms with Gasteiger partial charge in [0, 0.05) is 15.6 Å². The van der Waals surface area contributed by atoms with Crippen LogP contribution in [0.25, 0.3) is 10.1 Å². The Morgan fingerprint density at radius 3 is 2.44 bits per heavy atom. The van der Waals surface area contributed by atoms with E-state index in [1.54, 1.807) is 0 Å². The zero-order valence-electron chi connectivity index (χ0n) is 13.9. The van der Waals surface area contributed by atoms with E-state index in [2.05, 4.69) is 24.3 Å². The number of piperazine rings is 1. The summed E-state index contributed by atoms with van der Waals surface area (Å²) in [7, 11) is 0. The number of nitrogens with one attached hydrogen (secondary N) is 1. The van der Waals surface area contributed by atoms with Crippen molar-refractivity contribution in [3.05, 3.63) is 70.1 Å². The van der Waals surface area contributed by atoms with Gasteiger partial charge in [-0.1, -0.05) is 60.1 Å². The van der Waals surface area contributed by atoms with Crippen LogP contribution in [0.4, 0.5) is 0 Å². The number of benzene rings is 2. The van der Waals surface area contributed by atoms with Gasteiger partial charge in [-0.25, -0.2) is 0 Å². The Morgan fingerprint density at radius 1 is 1.04 bits per heavy atom. The molecule has 1 amide bonds. The molecule has 1 fully saturated rings. The highest BCUT2D eigenvalue weighted by Crippen LogP contribution is 2.35. The molecule has 3 aromatic rings. The SMILES string of the molecule is O=C(c1sc2ccccc2c1Cl)N1CC[NH+](Cc2ccccc2)CC1. The zero-order chi connectivity index (χ0) is 17.2. The van der Waals surface area contributed by atoms with E-state index >= 15 is 0 Å². The van der Waals surface area contributed by atoms with Crippen molar-refractivity contribution in [2.75, 3.05) is 26.2 Å². The Kier molecular flexibility index (Phi) is 4.75. The van der Waals surface area contributed by atoms with Gasteiger partial charge in [-0.3, -0.25) is 4.79 Å². The van der Waals surface area contributed by atoms with E-state index < -0.39 is 0 Å². The van der Waals surface area contributed by atoms with Gasteiger partial charge in [0.15, 0.2) is 0 Å². The van der Waals surface area contributed by atoms with Crippen molar-refractivity contribution < 1.29 is 9.69 Å². The van der Waals surface area contributed by atoms with E-state index in [0.717, 1.165) is 42.8 Å². The maximum atomic E-state index is 12.9. The van der Waals surface area contributed by atoms with Gasteiger partial charge in [0.1, 0.15) is 11.4 Å². The minimum Gasteiger partial charge on any atom is -0.328 e. The molecule has 0 bridgehead atoms. The van der Waals surface area contributed by atoms with Crippen LogP contribution in [0.2, 0.25) is 5.02 Å². The minimum absolute atomic E-state index is 0.0740. The lowest BCUT2D eigenvalue weighted by Crippen LogP contribution is -3.13. The molecule has 2 heterocycles. The van der Waals surface area contributed by atoms with Crippen molar-refractivity contribution in [2.24, 2.45) is 0 Å². The molecule has 0 spiro atoms. The summed E-state index contributed by atoms with van der Waals surface area (Å²) in [4.78, 5) is 17.0. The number of hydrogen-bond donors (Lipinski definition) is 1. The van der Waals surface area contributed by atoms with Crippen LogP contribution in [0.3, 0.4) is 0 Å². The van der Waals surface area contributed by atoms with Crippen molar-refractivity contribution in [3.63, 3.8) is 0 Å². The van der Waals surface area contributed by atoms with Gasteiger partial charge >= 0.3 is 0 Å². The highest BCUT2D eigenvalue weighted by atomic mass is 35.5. The molecule has 5 heteroatoms. The number of hydrogen-bond acceptors (Lipinski definition) is 2. The zero-order valence-corrected chi connectivity index (χ0v) is 15.4. The Morgan fingerprint density at radius 2 is 1.72 bits per heavy atom. The third-order valence-electron chi connectivity index (χ3n) is 4.78. The lowest BCUT2D eigenvalue weighted by atomic mass is 10.2. The van der Waals surface area contributed by atoms with Crippen molar-refractivity contribution >= 4 is 38.9 Å². The highest BCUT2D eigenvalue weighted by molar-refractivity contribution is 7.21. The molecule has 1 aliphatic heterocycles. The number of thiophene rings is 1. The van der Waals surface area contributed by atoms with Crippen LogP contribution in [-0.2, 0) is 6.54 Å². The standard InChI is InChI=1S/C20H19ClN2OS/c21-18-16-8-4-5-9-17(16)25-19(18)20(24)23-12-10-22(11-13-23)14-15-6-2-1-3-7-15/h1-9H,10-14H2/p+1. The molecule has 4 rings (SSSR count). The number of rotatable bonds is 3. The fourth-order valence-corrected chi connectivity index (χ4v) is 4.86. The maximum absolute atomic E-state index is 12.9. The summed E-state index contributed by atoms with van der Waals surface area (Å²) >= 11 is 7.96. The van der Waals surface area contributed by atoms with Gasteiger partial charge in [-0.05, 0) is 6.07 Å². The Bertz CT molecular complexity index is 885. The summed E-state index contributed by atoms with van der Waals surface area (Å²) in [6, 6.07) is 18.5. The highest BCUT2D eigenvalue weighted by Gasteiger charge is 2.27. The summed E-state index contributed by atoms with van der Waals surface area (Å²) < 4.78 is 1.07. The van der Waals surface area contributed by atoms with Crippen LogP contribution in [0, 0.1) is 0 Å². The Balaban J connectivity index is 1.43. The fourth-order valence-electron chi connectivity index (χ4n) is 3.38. The van der Waals surface area contributed by atoms with E-state index in [0.29, 0.717) is 9.90 Å². The number of amides is 1. The van der Waals surface area contributed by atoms with Crippen LogP contribution in [0.5, 0.6) is 0 Å². The summed E-state index contributed by atoms with van der Waals surface area (Å²) in [6.45, 7) is 4.54. The molecule has 1 aromatic heterocycles. The third-order valence-corrected chi connectivity index (χ3v) is 6.45. The number of quaternary nitrogens is 1. The molecule has 2 aromatic carbocycles. The van der Waals surface area contributed by atoms with E-state index in [9.17, 15) is 4.79 Å². The van der Waals surface area contributed by atoms with Crippen LogP contribution in [-0.4, -0.2) is 37.0 Å². The van der Waals surface area contributed by atoms with Crippen LogP contribution >= 0.6 is 22.9 Å². The first-order valence-corrected chi connectivity index (χ1v) is 9.75. The number of fused-ring (bicyclic) bond motifs is 1. The molecule has 0 unspecified atom stereocenters. The topological polar surface area (TPSA) is 24.8 Å². The summed E-state index contributed by atoms with van der Waals surface area (Å²) in [6.07, 6.45) is 0. The summed E-state index contributed by atoms with van der Waals surface area (Å²) in [5, 5.41) is 1.58. The van der Waals surface area contributed by atoms with Crippen molar-refractivity contribution in [3.8, 4) is 0 Å². The second-order valence-electron chi connectivity index (χ2n) is 6.45. The molecule has 128 valence electrons. The monoisotopic (exact) mass is 371 g/mol. The Labute approximate surface area is 156 Å². The number of carbonyl (C=O) groups excluding carboxylic acids is 1. The molecule has 1 N–H and O–H groups in total. The van der Waals surface area contributed by atoms with Gasteiger partial charge in [-0.15, -0.1) is 11.3 Å². The smallest absolute Gasteiger partial charge is 0.265 e. The first-order valence-electron chi connectivity index (χ1n) is 8.56. The fraction of sp³-hybridized carbons (Fsp3) is 0.250. The quantitative estimate of drug-likeness (QED) is 0.751. The first-order chi connectivity index (χ1) is 12.2. The normalized spacial score (nSPS) is 15.6. The average molecular weight is 372 g/mol. The number of carbonyl (C=O) groups is 1. The second kappa shape index (κ2) is 7.16. The van der Waals surface area contributed by atoms with E-state index in [-0.39, 0.29) is 5.91 Å². The molecule has 25 heavy (non-hydrogen) atoms. The molecule has 0 atom stereocenters. The first kappa shape index (κ1) is 16.6. The molecule has 1 saturated heterocycles. The lowest BCUT2D eigenvalue weighted by Gasteiger charge is -2.32.